The van der Waals surface area contributed by atoms with Crippen LogP contribution >= 0.6 is 11.6 Å². The van der Waals surface area contributed by atoms with Crippen LogP contribution in [0.2, 0.25) is 5.02 Å². The maximum absolute atomic E-state index is 6.30. The van der Waals surface area contributed by atoms with Crippen LogP contribution < -0.4 is 0 Å². The first-order chi connectivity index (χ1) is 10.3. The standard InChI is InChI=1S/C15H15ClN4O/c16-12-4-5-17-15-14(12)11(8-18-15)10-7-19-20(9-10)13-3-1-2-6-21-13/h4-5,7-9,13H,1-3,6H2,(H,17,18). The number of fused-ring (bicyclic) bond motifs is 1. The van der Waals surface area contributed by atoms with Crippen LogP contribution in [0.5, 0.6) is 0 Å². The molecule has 0 bridgehead atoms. The Morgan fingerprint density at radius 3 is 3.19 bits per heavy atom. The highest BCUT2D eigenvalue weighted by molar-refractivity contribution is 6.36. The van der Waals surface area contributed by atoms with Gasteiger partial charge in [-0.3, -0.25) is 0 Å². The quantitative estimate of drug-likeness (QED) is 0.784. The van der Waals surface area contributed by atoms with Crippen molar-refractivity contribution in [1.29, 1.82) is 0 Å². The number of aromatic nitrogens is 4. The molecule has 0 aliphatic carbocycles. The largest absolute Gasteiger partial charge is 0.357 e. The van der Waals surface area contributed by atoms with Crippen LogP contribution in [-0.4, -0.2) is 26.4 Å². The van der Waals surface area contributed by atoms with Gasteiger partial charge in [-0.15, -0.1) is 0 Å². The van der Waals surface area contributed by atoms with Gasteiger partial charge in [-0.2, -0.15) is 5.10 Å². The van der Waals surface area contributed by atoms with Crippen molar-refractivity contribution in [2.75, 3.05) is 6.61 Å². The molecule has 1 unspecified atom stereocenters. The molecule has 5 nitrogen and oxygen atoms in total. The molecule has 0 amide bonds. The fourth-order valence-electron chi connectivity index (χ4n) is 2.81. The Morgan fingerprint density at radius 1 is 1.38 bits per heavy atom. The molecule has 4 heterocycles. The van der Waals surface area contributed by atoms with Crippen LogP contribution in [0.15, 0.2) is 30.9 Å². The highest BCUT2D eigenvalue weighted by Gasteiger charge is 2.18. The van der Waals surface area contributed by atoms with Crippen molar-refractivity contribution in [3.8, 4) is 11.1 Å². The van der Waals surface area contributed by atoms with Crippen molar-refractivity contribution >= 4 is 22.6 Å². The van der Waals surface area contributed by atoms with Gasteiger partial charge in [-0.25, -0.2) is 9.67 Å². The molecule has 6 heteroatoms. The van der Waals surface area contributed by atoms with Gasteiger partial charge in [-0.05, 0) is 25.3 Å². The van der Waals surface area contributed by atoms with Gasteiger partial charge in [0, 0.05) is 41.7 Å². The molecule has 3 aromatic heterocycles. The molecule has 21 heavy (non-hydrogen) atoms. The molecular formula is C15H15ClN4O. The number of aromatic amines is 1. The number of pyridine rings is 1. The lowest BCUT2D eigenvalue weighted by Gasteiger charge is -2.22. The Hall–Kier alpha value is -1.85. The molecule has 1 saturated heterocycles. The number of nitrogens with zero attached hydrogens (tertiary/aromatic N) is 3. The van der Waals surface area contributed by atoms with E-state index in [0.29, 0.717) is 5.02 Å². The maximum atomic E-state index is 6.30. The molecule has 1 N–H and O–H groups in total. The number of ether oxygens (including phenoxy) is 1. The molecule has 0 aromatic carbocycles. The van der Waals surface area contributed by atoms with E-state index in [1.165, 1.54) is 6.42 Å². The van der Waals surface area contributed by atoms with E-state index in [1.54, 1.807) is 12.3 Å². The van der Waals surface area contributed by atoms with E-state index in [0.717, 1.165) is 41.6 Å². The second kappa shape index (κ2) is 5.16. The third-order valence-corrected chi connectivity index (χ3v) is 4.20. The summed E-state index contributed by atoms with van der Waals surface area (Å²) in [6.45, 7) is 0.808. The fraction of sp³-hybridized carbons (Fsp3) is 0.333. The van der Waals surface area contributed by atoms with Crippen LogP contribution in [0.3, 0.4) is 0 Å². The van der Waals surface area contributed by atoms with E-state index >= 15 is 0 Å². The van der Waals surface area contributed by atoms with E-state index in [1.807, 2.05) is 23.3 Å². The summed E-state index contributed by atoms with van der Waals surface area (Å²) in [5.74, 6) is 0. The van der Waals surface area contributed by atoms with Crippen molar-refractivity contribution < 1.29 is 4.74 Å². The first kappa shape index (κ1) is 12.9. The van der Waals surface area contributed by atoms with Crippen LogP contribution in [0, 0.1) is 0 Å². The summed E-state index contributed by atoms with van der Waals surface area (Å²) >= 11 is 6.30. The Labute approximate surface area is 126 Å². The van der Waals surface area contributed by atoms with Crippen molar-refractivity contribution in [1.82, 2.24) is 19.7 Å². The summed E-state index contributed by atoms with van der Waals surface area (Å²) in [4.78, 5) is 7.45. The smallest absolute Gasteiger partial charge is 0.150 e. The van der Waals surface area contributed by atoms with E-state index < -0.39 is 0 Å². The summed E-state index contributed by atoms with van der Waals surface area (Å²) in [6.07, 6.45) is 10.9. The van der Waals surface area contributed by atoms with Crippen molar-refractivity contribution in [2.24, 2.45) is 0 Å². The van der Waals surface area contributed by atoms with Crippen LogP contribution in [0.4, 0.5) is 0 Å². The van der Waals surface area contributed by atoms with Gasteiger partial charge in [0.2, 0.25) is 0 Å². The number of rotatable bonds is 2. The molecule has 3 aromatic rings. The summed E-state index contributed by atoms with van der Waals surface area (Å²) < 4.78 is 7.66. The van der Waals surface area contributed by atoms with Crippen molar-refractivity contribution in [2.45, 2.75) is 25.5 Å². The Kier molecular flexibility index (Phi) is 3.16. The van der Waals surface area contributed by atoms with E-state index in [2.05, 4.69) is 15.1 Å². The third-order valence-electron chi connectivity index (χ3n) is 3.89. The molecule has 1 aliphatic heterocycles. The van der Waals surface area contributed by atoms with Gasteiger partial charge in [0.25, 0.3) is 0 Å². The summed E-state index contributed by atoms with van der Waals surface area (Å²) in [5.41, 5.74) is 2.83. The van der Waals surface area contributed by atoms with E-state index in [4.69, 9.17) is 16.3 Å². The average Bonchev–Trinajstić information content (AvgIpc) is 3.15. The lowest BCUT2D eigenvalue weighted by atomic mass is 10.1. The van der Waals surface area contributed by atoms with Crippen LogP contribution in [0.1, 0.15) is 25.5 Å². The highest BCUT2D eigenvalue weighted by Crippen LogP contribution is 2.33. The average molecular weight is 303 g/mol. The summed E-state index contributed by atoms with van der Waals surface area (Å²) in [5, 5.41) is 6.07. The van der Waals surface area contributed by atoms with Gasteiger partial charge in [0.05, 0.1) is 11.2 Å². The van der Waals surface area contributed by atoms with E-state index in [9.17, 15) is 0 Å². The van der Waals surface area contributed by atoms with Crippen LogP contribution in [0.25, 0.3) is 22.2 Å². The number of halogens is 1. The molecule has 1 fully saturated rings. The summed E-state index contributed by atoms with van der Waals surface area (Å²) in [6, 6.07) is 1.80. The van der Waals surface area contributed by atoms with Gasteiger partial charge in [0.15, 0.2) is 0 Å². The van der Waals surface area contributed by atoms with Crippen molar-refractivity contribution in [3.05, 3.63) is 35.9 Å². The number of hydrogen-bond donors (Lipinski definition) is 1. The first-order valence-corrected chi connectivity index (χ1v) is 7.48. The highest BCUT2D eigenvalue weighted by atomic mass is 35.5. The van der Waals surface area contributed by atoms with Gasteiger partial charge in [0.1, 0.15) is 11.9 Å². The molecule has 108 valence electrons. The van der Waals surface area contributed by atoms with Crippen LogP contribution in [-0.2, 0) is 4.74 Å². The number of hydrogen-bond acceptors (Lipinski definition) is 3. The molecule has 0 radical (unpaired) electrons. The third kappa shape index (κ3) is 2.22. The monoisotopic (exact) mass is 302 g/mol. The fourth-order valence-corrected chi connectivity index (χ4v) is 3.06. The van der Waals surface area contributed by atoms with Gasteiger partial charge in [-0.1, -0.05) is 11.6 Å². The second-order valence-electron chi connectivity index (χ2n) is 5.25. The molecule has 4 rings (SSSR count). The predicted molar refractivity (Wildman–Crippen MR) is 81.2 cm³/mol. The van der Waals surface area contributed by atoms with E-state index in [-0.39, 0.29) is 6.23 Å². The zero-order valence-corrected chi connectivity index (χ0v) is 12.2. The Morgan fingerprint density at radius 2 is 2.33 bits per heavy atom. The summed E-state index contributed by atoms with van der Waals surface area (Å²) in [7, 11) is 0. The maximum Gasteiger partial charge on any atom is 0.150 e. The lowest BCUT2D eigenvalue weighted by Crippen LogP contribution is -2.18. The Bertz CT molecular complexity index is 773. The van der Waals surface area contributed by atoms with Gasteiger partial charge < -0.3 is 9.72 Å². The van der Waals surface area contributed by atoms with Gasteiger partial charge >= 0.3 is 0 Å². The predicted octanol–water partition coefficient (Wildman–Crippen LogP) is 3.78. The Balaban J connectivity index is 1.74. The molecule has 0 spiro atoms. The molecular weight excluding hydrogens is 288 g/mol. The minimum absolute atomic E-state index is 0.0475. The molecule has 1 atom stereocenters. The van der Waals surface area contributed by atoms with Crippen molar-refractivity contribution in [3.63, 3.8) is 0 Å². The number of H-pyrrole nitrogens is 1. The minimum Gasteiger partial charge on any atom is -0.357 e. The normalized spacial score (nSPS) is 19.2. The zero-order chi connectivity index (χ0) is 14.2. The zero-order valence-electron chi connectivity index (χ0n) is 11.4. The number of nitrogens with one attached hydrogen (secondary N) is 1. The topological polar surface area (TPSA) is 55.7 Å². The first-order valence-electron chi connectivity index (χ1n) is 7.10. The molecule has 1 aliphatic rings. The molecule has 0 saturated carbocycles. The minimum atomic E-state index is 0.0475. The SMILES string of the molecule is Clc1ccnc2[nH]cc(-c3cnn(C4CCCCO4)c3)c12. The second-order valence-corrected chi connectivity index (χ2v) is 5.66. The lowest BCUT2D eigenvalue weighted by molar-refractivity contribution is -0.0394.